The molecule has 2 heterocycles. The predicted molar refractivity (Wildman–Crippen MR) is 73.3 cm³/mol. The summed E-state index contributed by atoms with van der Waals surface area (Å²) in [5.41, 5.74) is 0. The van der Waals surface area contributed by atoms with Gasteiger partial charge in [-0.15, -0.1) is 0 Å². The van der Waals surface area contributed by atoms with Crippen molar-refractivity contribution in [3.05, 3.63) is 0 Å². The summed E-state index contributed by atoms with van der Waals surface area (Å²) in [6.07, 6.45) is 3.75. The van der Waals surface area contributed by atoms with Crippen molar-refractivity contribution >= 4 is 11.9 Å². The van der Waals surface area contributed by atoms with Crippen LogP contribution in [-0.2, 0) is 9.59 Å². The van der Waals surface area contributed by atoms with Crippen molar-refractivity contribution in [3.63, 3.8) is 0 Å². The van der Waals surface area contributed by atoms with Crippen LogP contribution < -0.4 is 0 Å². The molecule has 0 aromatic heterocycles. The maximum Gasteiger partial charge on any atom is 0.303 e. The van der Waals surface area contributed by atoms with E-state index in [1.807, 2.05) is 0 Å². The fourth-order valence-corrected chi connectivity index (χ4v) is 3.13. The zero-order valence-corrected chi connectivity index (χ0v) is 11.8. The highest BCUT2D eigenvalue weighted by Gasteiger charge is 2.37. The lowest BCUT2D eigenvalue weighted by Crippen LogP contribution is -2.46. The van der Waals surface area contributed by atoms with Crippen LogP contribution in [0, 0.1) is 0 Å². The molecule has 2 saturated heterocycles. The Bertz CT molecular complexity index is 355. The molecule has 2 aliphatic rings. The molecule has 1 amide bonds. The molecule has 6 nitrogen and oxygen atoms in total. The van der Waals surface area contributed by atoms with Crippen LogP contribution in [0.3, 0.4) is 0 Å². The molecule has 6 heteroatoms. The summed E-state index contributed by atoms with van der Waals surface area (Å²) in [5, 5.41) is 18.7. The molecular formula is C14H24N2O4. The Morgan fingerprint density at radius 1 is 1.05 bits per heavy atom. The Kier molecular flexibility index (Phi) is 5.37. The van der Waals surface area contributed by atoms with E-state index in [4.69, 9.17) is 5.11 Å². The van der Waals surface area contributed by atoms with Crippen molar-refractivity contribution in [1.82, 2.24) is 9.80 Å². The average molecular weight is 284 g/mol. The summed E-state index contributed by atoms with van der Waals surface area (Å²) in [4.78, 5) is 26.4. The van der Waals surface area contributed by atoms with Gasteiger partial charge in [0.15, 0.2) is 0 Å². The molecule has 0 aromatic carbocycles. The number of carbonyl (C=O) groups is 2. The summed E-state index contributed by atoms with van der Waals surface area (Å²) in [5.74, 6) is -0.907. The van der Waals surface area contributed by atoms with Crippen LogP contribution in [-0.4, -0.2) is 70.2 Å². The third kappa shape index (κ3) is 3.93. The van der Waals surface area contributed by atoms with Crippen LogP contribution in [0.2, 0.25) is 0 Å². The Balaban J connectivity index is 1.79. The van der Waals surface area contributed by atoms with E-state index in [0.717, 1.165) is 25.9 Å². The summed E-state index contributed by atoms with van der Waals surface area (Å²) in [7, 11) is 0. The van der Waals surface area contributed by atoms with E-state index < -0.39 is 12.1 Å². The number of rotatable bonds is 5. The Hall–Kier alpha value is -1.14. The fourth-order valence-electron chi connectivity index (χ4n) is 3.13. The summed E-state index contributed by atoms with van der Waals surface area (Å²) in [6, 6.07) is 0.0544. The minimum Gasteiger partial charge on any atom is -0.481 e. The van der Waals surface area contributed by atoms with Crippen LogP contribution in [0.15, 0.2) is 0 Å². The molecule has 0 aliphatic carbocycles. The highest BCUT2D eigenvalue weighted by molar-refractivity contribution is 5.77. The highest BCUT2D eigenvalue weighted by Crippen LogP contribution is 2.21. The maximum absolute atomic E-state index is 12.0. The third-order valence-corrected chi connectivity index (χ3v) is 4.25. The number of aliphatic hydroxyl groups excluding tert-OH is 1. The van der Waals surface area contributed by atoms with Gasteiger partial charge in [-0.05, 0) is 32.4 Å². The number of β-amino-alcohol motifs (C(OH)–C–C–N with tert-alkyl or cyclic N) is 1. The molecule has 2 atom stereocenters. The Morgan fingerprint density at radius 2 is 1.75 bits per heavy atom. The van der Waals surface area contributed by atoms with E-state index in [0.29, 0.717) is 19.5 Å². The monoisotopic (exact) mass is 284 g/mol. The smallest absolute Gasteiger partial charge is 0.303 e. The van der Waals surface area contributed by atoms with Crippen LogP contribution in [0.1, 0.15) is 38.5 Å². The third-order valence-electron chi connectivity index (χ3n) is 4.25. The standard InChI is InChI=1S/C14H24N2O4/c17-12-10-16(13(18)5-4-6-14(19)20)9-11(12)15-7-2-1-3-8-15/h11-12,17H,1-10H2,(H,19,20)/t11-,12-/m0/s1. The van der Waals surface area contributed by atoms with Gasteiger partial charge in [-0.3, -0.25) is 14.5 Å². The van der Waals surface area contributed by atoms with Gasteiger partial charge in [-0.1, -0.05) is 6.42 Å². The van der Waals surface area contributed by atoms with Crippen LogP contribution in [0.4, 0.5) is 0 Å². The minimum atomic E-state index is -0.870. The Labute approximate surface area is 119 Å². The molecule has 0 bridgehead atoms. The first-order chi connectivity index (χ1) is 9.58. The molecule has 2 rings (SSSR count). The SMILES string of the molecule is O=C(O)CCCC(=O)N1C[C@H](O)[C@@H](N2CCCCC2)C1. The quantitative estimate of drug-likeness (QED) is 0.759. The normalized spacial score (nSPS) is 27.8. The highest BCUT2D eigenvalue weighted by atomic mass is 16.4. The van der Waals surface area contributed by atoms with Gasteiger partial charge in [0.05, 0.1) is 12.1 Å². The number of likely N-dealkylation sites (tertiary alicyclic amines) is 2. The van der Waals surface area contributed by atoms with E-state index in [9.17, 15) is 14.7 Å². The van der Waals surface area contributed by atoms with Gasteiger partial charge >= 0.3 is 5.97 Å². The van der Waals surface area contributed by atoms with E-state index >= 15 is 0 Å². The van der Waals surface area contributed by atoms with Crippen molar-refractivity contribution in [3.8, 4) is 0 Å². The number of carbonyl (C=O) groups excluding carboxylic acids is 1. The molecule has 2 fully saturated rings. The number of amides is 1. The first-order valence-electron chi connectivity index (χ1n) is 7.49. The molecule has 0 unspecified atom stereocenters. The molecule has 0 radical (unpaired) electrons. The minimum absolute atomic E-state index is 0.0255. The van der Waals surface area contributed by atoms with E-state index in [-0.39, 0.29) is 24.8 Å². The average Bonchev–Trinajstić information content (AvgIpc) is 2.81. The molecular weight excluding hydrogens is 260 g/mol. The summed E-state index contributed by atoms with van der Waals surface area (Å²) in [6.45, 7) is 2.96. The predicted octanol–water partition coefficient (Wildman–Crippen LogP) is 0.299. The second-order valence-electron chi connectivity index (χ2n) is 5.78. The number of aliphatic carboxylic acids is 1. The second kappa shape index (κ2) is 7.04. The van der Waals surface area contributed by atoms with Crippen LogP contribution in [0.5, 0.6) is 0 Å². The number of piperidine rings is 1. The lowest BCUT2D eigenvalue weighted by molar-refractivity contribution is -0.137. The number of hydrogen-bond donors (Lipinski definition) is 2. The molecule has 2 aliphatic heterocycles. The lowest BCUT2D eigenvalue weighted by Gasteiger charge is -2.33. The molecule has 114 valence electrons. The van der Waals surface area contributed by atoms with Gasteiger partial charge in [0.2, 0.25) is 5.91 Å². The van der Waals surface area contributed by atoms with Crippen molar-refractivity contribution in [1.29, 1.82) is 0 Å². The molecule has 0 spiro atoms. The lowest BCUT2D eigenvalue weighted by atomic mass is 10.1. The van der Waals surface area contributed by atoms with E-state index in [1.54, 1.807) is 4.90 Å². The second-order valence-corrected chi connectivity index (χ2v) is 5.78. The fraction of sp³-hybridized carbons (Fsp3) is 0.857. The number of aliphatic hydroxyl groups is 1. The topological polar surface area (TPSA) is 81.1 Å². The zero-order chi connectivity index (χ0) is 14.5. The van der Waals surface area contributed by atoms with Crippen LogP contribution in [0.25, 0.3) is 0 Å². The largest absolute Gasteiger partial charge is 0.481 e. The number of hydrogen-bond acceptors (Lipinski definition) is 4. The van der Waals surface area contributed by atoms with Gasteiger partial charge in [0.1, 0.15) is 0 Å². The van der Waals surface area contributed by atoms with Crippen molar-refractivity contribution < 1.29 is 19.8 Å². The number of carboxylic acids is 1. The number of nitrogens with zero attached hydrogens (tertiary/aromatic N) is 2. The molecule has 20 heavy (non-hydrogen) atoms. The van der Waals surface area contributed by atoms with Crippen molar-refractivity contribution in [2.75, 3.05) is 26.2 Å². The summed E-state index contributed by atoms with van der Waals surface area (Å²) >= 11 is 0. The van der Waals surface area contributed by atoms with Gasteiger partial charge in [0.25, 0.3) is 0 Å². The Morgan fingerprint density at radius 3 is 2.40 bits per heavy atom. The van der Waals surface area contributed by atoms with E-state index in [2.05, 4.69) is 4.90 Å². The zero-order valence-electron chi connectivity index (χ0n) is 11.8. The molecule has 0 saturated carbocycles. The van der Waals surface area contributed by atoms with Crippen LogP contribution >= 0.6 is 0 Å². The molecule has 0 aromatic rings. The molecule has 2 N–H and O–H groups in total. The van der Waals surface area contributed by atoms with Crippen molar-refractivity contribution in [2.24, 2.45) is 0 Å². The maximum atomic E-state index is 12.0. The van der Waals surface area contributed by atoms with Gasteiger partial charge < -0.3 is 15.1 Å². The van der Waals surface area contributed by atoms with E-state index in [1.165, 1.54) is 6.42 Å². The van der Waals surface area contributed by atoms with Gasteiger partial charge in [-0.25, -0.2) is 0 Å². The first kappa shape index (κ1) is 15.3. The van der Waals surface area contributed by atoms with Gasteiger partial charge in [0, 0.05) is 25.9 Å². The number of carboxylic acid groups (broad SMARTS) is 1. The first-order valence-corrected chi connectivity index (χ1v) is 7.49. The van der Waals surface area contributed by atoms with Crippen molar-refractivity contribution in [2.45, 2.75) is 50.7 Å². The summed E-state index contributed by atoms with van der Waals surface area (Å²) < 4.78 is 0. The van der Waals surface area contributed by atoms with Gasteiger partial charge in [-0.2, -0.15) is 0 Å².